The van der Waals surface area contributed by atoms with Gasteiger partial charge < -0.3 is 15.3 Å². The van der Waals surface area contributed by atoms with E-state index in [0.717, 1.165) is 6.07 Å². The second-order valence-corrected chi connectivity index (χ2v) is 4.65. The van der Waals surface area contributed by atoms with E-state index in [1.807, 2.05) is 0 Å². The van der Waals surface area contributed by atoms with Gasteiger partial charge in [-0.2, -0.15) is 0 Å². The van der Waals surface area contributed by atoms with Crippen LogP contribution in [0.25, 0.3) is 11.1 Å². The second-order valence-electron chi connectivity index (χ2n) is 4.65. The minimum atomic E-state index is -1.49. The van der Waals surface area contributed by atoms with Crippen molar-refractivity contribution in [1.29, 1.82) is 0 Å². The van der Waals surface area contributed by atoms with Crippen molar-refractivity contribution in [3.63, 3.8) is 0 Å². The predicted molar refractivity (Wildman–Crippen MR) is 77.5 cm³/mol. The van der Waals surface area contributed by atoms with E-state index in [0.29, 0.717) is 5.56 Å². The summed E-state index contributed by atoms with van der Waals surface area (Å²) in [4.78, 5) is 34.4. The van der Waals surface area contributed by atoms with E-state index in [2.05, 4.69) is 0 Å². The van der Waals surface area contributed by atoms with Gasteiger partial charge in [0.1, 0.15) is 0 Å². The van der Waals surface area contributed by atoms with Crippen LogP contribution in [0.3, 0.4) is 0 Å². The lowest BCUT2D eigenvalue weighted by molar-refractivity contribution is 0.0650. The second kappa shape index (κ2) is 5.69. The van der Waals surface area contributed by atoms with Gasteiger partial charge in [-0.05, 0) is 24.1 Å². The van der Waals surface area contributed by atoms with Crippen molar-refractivity contribution in [2.75, 3.05) is 0 Å². The summed E-state index contributed by atoms with van der Waals surface area (Å²) in [6.45, 7) is 1.44. The van der Waals surface area contributed by atoms with Crippen LogP contribution >= 0.6 is 0 Å². The molecule has 0 saturated heterocycles. The molecule has 0 aliphatic carbocycles. The number of carbonyl (C=O) groups is 3. The average molecular weight is 300 g/mol. The molecule has 0 aliphatic rings. The normalized spacial score (nSPS) is 10.2. The molecule has 2 aromatic rings. The molecule has 112 valence electrons. The highest BCUT2D eigenvalue weighted by Gasteiger charge is 2.28. The summed E-state index contributed by atoms with van der Waals surface area (Å²) in [5, 5.41) is 28.0. The lowest BCUT2D eigenvalue weighted by Gasteiger charge is -2.15. The van der Waals surface area contributed by atoms with Crippen LogP contribution in [0, 0.1) is 6.92 Å². The molecule has 6 heteroatoms. The minimum absolute atomic E-state index is 0.0991. The molecule has 0 amide bonds. The minimum Gasteiger partial charge on any atom is -0.478 e. The van der Waals surface area contributed by atoms with E-state index >= 15 is 0 Å². The molecule has 2 rings (SSSR count). The molecule has 0 fully saturated rings. The first-order valence-electron chi connectivity index (χ1n) is 6.27. The number of hydrogen-bond acceptors (Lipinski definition) is 3. The van der Waals surface area contributed by atoms with Gasteiger partial charge in [-0.3, -0.25) is 0 Å². The van der Waals surface area contributed by atoms with Crippen LogP contribution in [0.5, 0.6) is 0 Å². The van der Waals surface area contributed by atoms with E-state index in [1.54, 1.807) is 30.3 Å². The molecular weight excluding hydrogens is 288 g/mol. The van der Waals surface area contributed by atoms with E-state index in [9.17, 15) is 29.7 Å². The van der Waals surface area contributed by atoms with Gasteiger partial charge in [-0.1, -0.05) is 30.3 Å². The van der Waals surface area contributed by atoms with Gasteiger partial charge in [0.05, 0.1) is 16.7 Å². The molecule has 3 N–H and O–H groups in total. The molecule has 0 heterocycles. The fourth-order valence-corrected chi connectivity index (χ4v) is 2.38. The van der Waals surface area contributed by atoms with E-state index < -0.39 is 29.0 Å². The fraction of sp³-hybridized carbons (Fsp3) is 0.0625. The van der Waals surface area contributed by atoms with Crippen LogP contribution in [0.15, 0.2) is 36.4 Å². The number of carboxylic acids is 3. The molecule has 0 spiro atoms. The molecule has 22 heavy (non-hydrogen) atoms. The summed E-state index contributed by atoms with van der Waals surface area (Å²) in [6.07, 6.45) is 0. The topological polar surface area (TPSA) is 112 Å². The number of aromatic carboxylic acids is 3. The third kappa shape index (κ3) is 2.54. The molecule has 0 atom stereocenters. The highest BCUT2D eigenvalue weighted by Crippen LogP contribution is 2.33. The SMILES string of the molecule is Cc1cc(C(=O)O)c(C(=O)O)c(-c2ccccc2)c1C(=O)O. The highest BCUT2D eigenvalue weighted by atomic mass is 16.4. The monoisotopic (exact) mass is 300 g/mol. The molecule has 0 aliphatic heterocycles. The summed E-state index contributed by atoms with van der Waals surface area (Å²) < 4.78 is 0. The van der Waals surface area contributed by atoms with E-state index in [1.165, 1.54) is 6.92 Å². The Morgan fingerprint density at radius 2 is 1.36 bits per heavy atom. The van der Waals surface area contributed by atoms with Crippen LogP contribution < -0.4 is 0 Å². The maximum absolute atomic E-state index is 11.6. The first-order chi connectivity index (χ1) is 10.3. The van der Waals surface area contributed by atoms with Crippen molar-refractivity contribution < 1.29 is 29.7 Å². The van der Waals surface area contributed by atoms with Crippen LogP contribution in [-0.2, 0) is 0 Å². The lowest BCUT2D eigenvalue weighted by atomic mass is 9.87. The molecule has 0 saturated carbocycles. The maximum Gasteiger partial charge on any atom is 0.337 e. The maximum atomic E-state index is 11.6. The van der Waals surface area contributed by atoms with Crippen molar-refractivity contribution in [2.45, 2.75) is 6.92 Å². The smallest absolute Gasteiger partial charge is 0.337 e. The van der Waals surface area contributed by atoms with E-state index in [-0.39, 0.29) is 16.7 Å². The Morgan fingerprint density at radius 3 is 1.82 bits per heavy atom. The van der Waals surface area contributed by atoms with Crippen molar-refractivity contribution in [2.24, 2.45) is 0 Å². The number of hydrogen-bond donors (Lipinski definition) is 3. The largest absolute Gasteiger partial charge is 0.478 e. The van der Waals surface area contributed by atoms with Crippen LogP contribution in [0.1, 0.15) is 36.6 Å². The quantitative estimate of drug-likeness (QED) is 0.800. The van der Waals surface area contributed by atoms with Crippen molar-refractivity contribution in [3.8, 4) is 11.1 Å². The molecular formula is C16H12O6. The molecule has 0 unspecified atom stereocenters. The van der Waals surface area contributed by atoms with Crippen LogP contribution in [0.4, 0.5) is 0 Å². The molecule has 2 aromatic carbocycles. The van der Waals surface area contributed by atoms with Gasteiger partial charge in [0, 0.05) is 5.56 Å². The lowest BCUT2D eigenvalue weighted by Crippen LogP contribution is -2.15. The first kappa shape index (κ1) is 15.2. The van der Waals surface area contributed by atoms with Gasteiger partial charge in [-0.15, -0.1) is 0 Å². The Kier molecular flexibility index (Phi) is 3.94. The average Bonchev–Trinajstić information content (AvgIpc) is 2.46. The Bertz CT molecular complexity index is 777. The first-order valence-corrected chi connectivity index (χ1v) is 6.27. The van der Waals surface area contributed by atoms with Gasteiger partial charge in [-0.25, -0.2) is 14.4 Å². The Labute approximate surface area is 125 Å². The molecule has 0 aromatic heterocycles. The standard InChI is InChI=1S/C16H12O6/c1-8-7-10(14(17)18)13(16(21)22)12(11(8)15(19)20)9-5-3-2-4-6-9/h2-7H,1H3,(H,17,18)(H,19,20)(H,21,22). The van der Waals surface area contributed by atoms with Crippen molar-refractivity contribution in [3.05, 3.63) is 58.7 Å². The summed E-state index contributed by atoms with van der Waals surface area (Å²) in [6, 6.07) is 9.09. The zero-order valence-corrected chi connectivity index (χ0v) is 11.5. The van der Waals surface area contributed by atoms with Gasteiger partial charge in [0.15, 0.2) is 0 Å². The van der Waals surface area contributed by atoms with Crippen molar-refractivity contribution in [1.82, 2.24) is 0 Å². The number of rotatable bonds is 4. The number of carboxylic acid groups (broad SMARTS) is 3. The molecule has 0 radical (unpaired) electrons. The third-order valence-corrected chi connectivity index (χ3v) is 3.25. The summed E-state index contributed by atoms with van der Waals surface area (Å²) >= 11 is 0. The summed E-state index contributed by atoms with van der Waals surface area (Å²) in [7, 11) is 0. The Morgan fingerprint density at radius 1 is 0.818 bits per heavy atom. The summed E-state index contributed by atoms with van der Waals surface area (Å²) in [5.74, 6) is -4.22. The van der Waals surface area contributed by atoms with Gasteiger partial charge in [0.25, 0.3) is 0 Å². The number of aryl methyl sites for hydroxylation is 1. The molecule has 6 nitrogen and oxygen atoms in total. The van der Waals surface area contributed by atoms with Gasteiger partial charge >= 0.3 is 17.9 Å². The van der Waals surface area contributed by atoms with Crippen molar-refractivity contribution >= 4 is 17.9 Å². The zero-order valence-electron chi connectivity index (χ0n) is 11.5. The number of benzene rings is 2. The van der Waals surface area contributed by atoms with Crippen LogP contribution in [-0.4, -0.2) is 33.2 Å². The Hall–Kier alpha value is -3.15. The summed E-state index contributed by atoms with van der Waals surface area (Å²) in [5.41, 5.74) is -0.751. The predicted octanol–water partition coefficient (Wildman–Crippen LogP) is 2.76. The highest BCUT2D eigenvalue weighted by molar-refractivity contribution is 6.12. The fourth-order valence-electron chi connectivity index (χ4n) is 2.38. The Balaban J connectivity index is 3.02. The molecule has 0 bridgehead atoms. The van der Waals surface area contributed by atoms with E-state index in [4.69, 9.17) is 0 Å². The van der Waals surface area contributed by atoms with Gasteiger partial charge in [0.2, 0.25) is 0 Å². The van der Waals surface area contributed by atoms with Crippen LogP contribution in [0.2, 0.25) is 0 Å². The zero-order chi connectivity index (χ0) is 16.4. The third-order valence-electron chi connectivity index (χ3n) is 3.25.